The number of carbonyl (C=O) groups excluding carboxylic acids is 3. The average molecular weight is 421 g/mol. The second-order valence-electron chi connectivity index (χ2n) is 8.39. The quantitative estimate of drug-likeness (QED) is 0.585. The lowest BCUT2D eigenvalue weighted by Gasteiger charge is -2.34. The Kier molecular flexibility index (Phi) is 5.78. The second-order valence-corrected chi connectivity index (χ2v) is 8.39. The first-order chi connectivity index (χ1) is 14.8. The van der Waals surface area contributed by atoms with Crippen molar-refractivity contribution in [1.29, 1.82) is 0 Å². The van der Waals surface area contributed by atoms with Gasteiger partial charge in [0.2, 0.25) is 11.8 Å². The molecule has 0 aromatic heterocycles. The van der Waals surface area contributed by atoms with E-state index in [9.17, 15) is 19.5 Å². The molecule has 7 heteroatoms. The molecule has 4 rings (SSSR count). The van der Waals surface area contributed by atoms with E-state index in [1.54, 1.807) is 18.2 Å². The first-order valence-electron chi connectivity index (χ1n) is 10.6. The van der Waals surface area contributed by atoms with Crippen molar-refractivity contribution in [2.24, 2.45) is 5.92 Å². The Morgan fingerprint density at radius 1 is 1.06 bits per heavy atom. The molecule has 162 valence electrons. The van der Waals surface area contributed by atoms with Gasteiger partial charge in [-0.3, -0.25) is 19.3 Å². The van der Waals surface area contributed by atoms with Crippen LogP contribution in [0, 0.1) is 19.8 Å². The van der Waals surface area contributed by atoms with Crippen LogP contribution in [0.4, 0.5) is 11.4 Å². The van der Waals surface area contributed by atoms with E-state index >= 15 is 0 Å². The van der Waals surface area contributed by atoms with E-state index in [4.69, 9.17) is 0 Å². The molecule has 2 aliphatic heterocycles. The third kappa shape index (κ3) is 4.18. The maximum Gasteiger partial charge on any atom is 0.251 e. The Morgan fingerprint density at radius 2 is 1.77 bits per heavy atom. The van der Waals surface area contributed by atoms with Crippen molar-refractivity contribution in [2.45, 2.75) is 39.2 Å². The highest BCUT2D eigenvalue weighted by Crippen LogP contribution is 2.31. The highest BCUT2D eigenvalue weighted by Gasteiger charge is 2.44. The number of phenolic OH excluding ortho intramolecular Hbond substituents is 1. The van der Waals surface area contributed by atoms with Crippen molar-refractivity contribution in [3.63, 3.8) is 0 Å². The first-order valence-corrected chi connectivity index (χ1v) is 10.6. The number of hydrogen-bond donors (Lipinski definition) is 2. The molecule has 1 atom stereocenters. The van der Waals surface area contributed by atoms with Crippen LogP contribution < -0.4 is 10.2 Å². The summed E-state index contributed by atoms with van der Waals surface area (Å²) in [6.07, 6.45) is 1.36. The van der Waals surface area contributed by atoms with Gasteiger partial charge in [0.05, 0.1) is 23.8 Å². The number of amides is 3. The summed E-state index contributed by atoms with van der Waals surface area (Å²) in [7, 11) is 0. The summed E-state index contributed by atoms with van der Waals surface area (Å²) < 4.78 is 0. The van der Waals surface area contributed by atoms with E-state index < -0.39 is 6.04 Å². The fraction of sp³-hybridized carbons (Fsp3) is 0.375. The van der Waals surface area contributed by atoms with Gasteiger partial charge in [-0.15, -0.1) is 0 Å². The van der Waals surface area contributed by atoms with Gasteiger partial charge in [-0.25, -0.2) is 4.90 Å². The van der Waals surface area contributed by atoms with E-state index in [0.717, 1.165) is 11.1 Å². The van der Waals surface area contributed by atoms with Crippen LogP contribution in [0.3, 0.4) is 0 Å². The normalized spacial score (nSPS) is 20.3. The van der Waals surface area contributed by atoms with Gasteiger partial charge in [-0.05, 0) is 63.5 Å². The van der Waals surface area contributed by atoms with Gasteiger partial charge in [-0.1, -0.05) is 29.8 Å². The molecular formula is C24H27N3O4. The van der Waals surface area contributed by atoms with Crippen LogP contribution in [0.1, 0.15) is 30.4 Å². The number of nitrogens with one attached hydrogen (secondary N) is 1. The molecule has 2 N–H and O–H groups in total. The average Bonchev–Trinajstić information content (AvgIpc) is 3.04. The highest BCUT2D eigenvalue weighted by molar-refractivity contribution is 6.22. The molecule has 0 radical (unpaired) electrons. The largest absolute Gasteiger partial charge is 0.506 e. The third-order valence-corrected chi connectivity index (χ3v) is 6.22. The molecular weight excluding hydrogens is 394 g/mol. The first kappa shape index (κ1) is 21.1. The van der Waals surface area contributed by atoms with Crippen LogP contribution in [-0.4, -0.2) is 46.9 Å². The van der Waals surface area contributed by atoms with Crippen LogP contribution in [0.2, 0.25) is 0 Å². The van der Waals surface area contributed by atoms with Crippen molar-refractivity contribution in [3.8, 4) is 5.75 Å². The summed E-state index contributed by atoms with van der Waals surface area (Å²) in [6, 6.07) is 11.9. The van der Waals surface area contributed by atoms with E-state index in [1.165, 1.54) is 11.0 Å². The molecule has 31 heavy (non-hydrogen) atoms. The molecule has 0 spiro atoms. The van der Waals surface area contributed by atoms with Crippen molar-refractivity contribution in [1.82, 2.24) is 4.90 Å². The minimum Gasteiger partial charge on any atom is -0.506 e. The lowest BCUT2D eigenvalue weighted by Crippen LogP contribution is -2.47. The molecule has 2 heterocycles. The minimum atomic E-state index is -0.476. The molecule has 2 saturated heterocycles. The molecule has 3 amide bonds. The van der Waals surface area contributed by atoms with Gasteiger partial charge in [0.15, 0.2) is 0 Å². The Labute approximate surface area is 181 Å². The van der Waals surface area contributed by atoms with Crippen molar-refractivity contribution >= 4 is 29.1 Å². The number of benzene rings is 2. The Morgan fingerprint density at radius 3 is 2.45 bits per heavy atom. The number of aromatic hydroxyl groups is 1. The number of hydrogen-bond acceptors (Lipinski definition) is 5. The summed E-state index contributed by atoms with van der Waals surface area (Å²) in [4.78, 5) is 41.7. The number of para-hydroxylation sites is 2. The SMILES string of the molecule is Cc1ccc(N2C(=O)C[C@H](N3CCC(C(=O)Nc4ccccc4O)CC3)C2=O)c(C)c1. The third-order valence-electron chi connectivity index (χ3n) is 6.22. The Balaban J connectivity index is 1.39. The van der Waals surface area contributed by atoms with E-state index in [1.807, 2.05) is 36.9 Å². The fourth-order valence-electron chi connectivity index (χ4n) is 4.50. The summed E-state index contributed by atoms with van der Waals surface area (Å²) in [5.41, 5.74) is 3.04. The standard InChI is InChI=1S/C24H27N3O4/c1-15-7-8-19(16(2)13-15)27-22(29)14-20(24(27)31)26-11-9-17(10-12-26)23(30)25-18-5-3-4-6-21(18)28/h3-8,13,17,20,28H,9-12,14H2,1-2H3,(H,25,30)/t20-/m0/s1. The van der Waals surface area contributed by atoms with Gasteiger partial charge in [0.1, 0.15) is 5.75 Å². The number of likely N-dealkylation sites (tertiary alicyclic amines) is 1. The number of piperidine rings is 1. The summed E-state index contributed by atoms with van der Waals surface area (Å²) >= 11 is 0. The minimum absolute atomic E-state index is 0.0369. The molecule has 2 fully saturated rings. The molecule has 0 bridgehead atoms. The zero-order valence-corrected chi connectivity index (χ0v) is 17.8. The van der Waals surface area contributed by atoms with Gasteiger partial charge in [0, 0.05) is 5.92 Å². The van der Waals surface area contributed by atoms with Crippen LogP contribution >= 0.6 is 0 Å². The number of nitrogens with zero attached hydrogens (tertiary/aromatic N) is 2. The molecule has 0 unspecified atom stereocenters. The fourth-order valence-corrected chi connectivity index (χ4v) is 4.50. The highest BCUT2D eigenvalue weighted by atomic mass is 16.3. The zero-order valence-electron chi connectivity index (χ0n) is 17.8. The van der Waals surface area contributed by atoms with Gasteiger partial charge >= 0.3 is 0 Å². The number of rotatable bonds is 4. The smallest absolute Gasteiger partial charge is 0.251 e. The van der Waals surface area contributed by atoms with Crippen LogP contribution in [0.5, 0.6) is 5.75 Å². The summed E-state index contributed by atoms with van der Waals surface area (Å²) in [6.45, 7) is 5.03. The number of carbonyl (C=O) groups is 3. The van der Waals surface area contributed by atoms with E-state index in [-0.39, 0.29) is 35.8 Å². The van der Waals surface area contributed by atoms with Crippen molar-refractivity contribution in [3.05, 3.63) is 53.6 Å². The zero-order chi connectivity index (χ0) is 22.1. The summed E-state index contributed by atoms with van der Waals surface area (Å²) in [5.74, 6) is -0.657. The maximum absolute atomic E-state index is 13.1. The maximum atomic E-state index is 13.1. The predicted molar refractivity (Wildman–Crippen MR) is 118 cm³/mol. The van der Waals surface area contributed by atoms with Gasteiger partial charge in [0.25, 0.3) is 5.91 Å². The second kappa shape index (κ2) is 8.51. The summed E-state index contributed by atoms with van der Waals surface area (Å²) in [5, 5.41) is 12.6. The molecule has 0 aliphatic carbocycles. The Bertz CT molecular complexity index is 1030. The molecule has 7 nitrogen and oxygen atoms in total. The van der Waals surface area contributed by atoms with E-state index in [2.05, 4.69) is 5.32 Å². The molecule has 0 saturated carbocycles. The van der Waals surface area contributed by atoms with Crippen molar-refractivity contribution < 1.29 is 19.5 Å². The van der Waals surface area contributed by atoms with Gasteiger partial charge in [-0.2, -0.15) is 0 Å². The number of phenols is 1. The Hall–Kier alpha value is -3.19. The molecule has 2 aromatic carbocycles. The van der Waals surface area contributed by atoms with Crippen LogP contribution in [0.15, 0.2) is 42.5 Å². The van der Waals surface area contributed by atoms with Crippen molar-refractivity contribution in [2.75, 3.05) is 23.3 Å². The number of aryl methyl sites for hydroxylation is 2. The molecule has 2 aliphatic rings. The van der Waals surface area contributed by atoms with Crippen LogP contribution in [-0.2, 0) is 14.4 Å². The van der Waals surface area contributed by atoms with E-state index in [0.29, 0.717) is 37.3 Å². The van der Waals surface area contributed by atoms with Gasteiger partial charge < -0.3 is 10.4 Å². The topological polar surface area (TPSA) is 90.0 Å². The number of imide groups is 1. The predicted octanol–water partition coefficient (Wildman–Crippen LogP) is 2.99. The number of anilines is 2. The lowest BCUT2D eigenvalue weighted by molar-refractivity contribution is -0.123. The molecule has 2 aromatic rings. The lowest BCUT2D eigenvalue weighted by atomic mass is 9.94. The monoisotopic (exact) mass is 421 g/mol. The van der Waals surface area contributed by atoms with Crippen LogP contribution in [0.25, 0.3) is 0 Å².